The second-order valence-electron chi connectivity index (χ2n) is 3.35. The van der Waals surface area contributed by atoms with Crippen LogP contribution >= 0.6 is 45.3 Å². The summed E-state index contributed by atoms with van der Waals surface area (Å²) in [5, 5.41) is 5.41. The van der Waals surface area contributed by atoms with Crippen molar-refractivity contribution in [2.45, 2.75) is 0 Å². The first kappa shape index (κ1) is 9.30. The second-order valence-corrected chi connectivity index (χ2v) is 7.52. The number of thiophene rings is 3. The minimum atomic E-state index is 1.16. The molecule has 0 fully saturated rings. The lowest BCUT2D eigenvalue weighted by Crippen LogP contribution is -1.66. The fourth-order valence-corrected chi connectivity index (χ4v) is 5.99. The van der Waals surface area contributed by atoms with E-state index in [1.54, 1.807) is 22.7 Å². The summed E-state index contributed by atoms with van der Waals surface area (Å²) in [5.41, 5.74) is 1.20. The number of fused-ring (bicyclic) bond motifs is 3. The van der Waals surface area contributed by atoms with Crippen molar-refractivity contribution in [1.29, 1.82) is 0 Å². The van der Waals surface area contributed by atoms with E-state index in [1.165, 1.54) is 23.8 Å². The second kappa shape index (κ2) is 3.37. The average molecular weight is 279 g/mol. The normalized spacial score (nSPS) is 11.8. The molecule has 0 saturated carbocycles. The van der Waals surface area contributed by atoms with Crippen LogP contribution in [0.25, 0.3) is 28.8 Å². The third-order valence-electron chi connectivity index (χ3n) is 2.37. The van der Waals surface area contributed by atoms with Crippen molar-refractivity contribution in [3.63, 3.8) is 0 Å². The van der Waals surface area contributed by atoms with Crippen LogP contribution in [0, 0.1) is 0 Å². The van der Waals surface area contributed by atoms with Crippen LogP contribution in [0.1, 0.15) is 0 Å². The van der Waals surface area contributed by atoms with Gasteiger partial charge in [0.25, 0.3) is 0 Å². The molecule has 0 aliphatic heterocycles. The average Bonchev–Trinajstić information content (AvgIpc) is 2.98. The highest BCUT2D eigenvalue weighted by atomic mass is 32.2. The molecule has 0 aliphatic carbocycles. The first-order valence-electron chi connectivity index (χ1n) is 4.72. The van der Waals surface area contributed by atoms with Gasteiger partial charge in [-0.2, -0.15) is 0 Å². The molecule has 4 aromatic rings. The Labute approximate surface area is 108 Å². The van der Waals surface area contributed by atoms with Crippen LogP contribution in [-0.2, 0) is 0 Å². The summed E-state index contributed by atoms with van der Waals surface area (Å²) >= 11 is 7.22. The molecule has 5 heteroatoms. The highest BCUT2D eigenvalue weighted by Crippen LogP contribution is 2.43. The summed E-state index contributed by atoms with van der Waals surface area (Å²) in [6.07, 6.45) is 0. The smallest absolute Gasteiger partial charge is 0.135 e. The maximum atomic E-state index is 4.77. The predicted molar refractivity (Wildman–Crippen MR) is 76.2 cm³/mol. The van der Waals surface area contributed by atoms with Gasteiger partial charge >= 0.3 is 0 Å². The molecule has 16 heavy (non-hydrogen) atoms. The van der Waals surface area contributed by atoms with Crippen LogP contribution in [0.15, 0.2) is 29.0 Å². The quantitative estimate of drug-likeness (QED) is 0.460. The van der Waals surface area contributed by atoms with E-state index in [9.17, 15) is 0 Å². The summed E-state index contributed by atoms with van der Waals surface area (Å²) in [7, 11) is 0. The molecule has 0 N–H and O–H groups in total. The molecule has 0 unspecified atom stereocenters. The van der Waals surface area contributed by atoms with E-state index >= 15 is 0 Å². The highest BCUT2D eigenvalue weighted by molar-refractivity contribution is 7.45. The Morgan fingerprint density at radius 3 is 2.88 bits per heavy atom. The van der Waals surface area contributed by atoms with E-state index in [2.05, 4.69) is 29.0 Å². The topological polar surface area (TPSA) is 12.9 Å². The Morgan fingerprint density at radius 1 is 1.00 bits per heavy atom. The zero-order chi connectivity index (χ0) is 10.5. The summed E-state index contributed by atoms with van der Waals surface area (Å²) in [6, 6.07) is 6.40. The van der Waals surface area contributed by atoms with Gasteiger partial charge in [0, 0.05) is 4.70 Å². The van der Waals surface area contributed by atoms with Gasteiger partial charge in [0.15, 0.2) is 0 Å². The Morgan fingerprint density at radius 2 is 2.00 bits per heavy atom. The number of aromatic nitrogens is 1. The first-order valence-corrected chi connectivity index (χ1v) is 8.11. The molecule has 0 aromatic carbocycles. The van der Waals surface area contributed by atoms with Gasteiger partial charge in [-0.3, -0.25) is 0 Å². The minimum absolute atomic E-state index is 1.16. The van der Waals surface area contributed by atoms with Crippen molar-refractivity contribution in [2.75, 3.05) is 0 Å². The zero-order valence-corrected chi connectivity index (χ0v) is 11.2. The van der Waals surface area contributed by atoms with E-state index in [1.807, 2.05) is 22.7 Å². The third kappa shape index (κ3) is 1.23. The molecule has 4 rings (SSSR count). The Hall–Kier alpha value is -0.750. The van der Waals surface area contributed by atoms with Gasteiger partial charge < -0.3 is 0 Å². The predicted octanol–water partition coefficient (Wildman–Crippen LogP) is 5.30. The third-order valence-corrected chi connectivity index (χ3v) is 6.75. The lowest BCUT2D eigenvalue weighted by molar-refractivity contribution is 1.53. The van der Waals surface area contributed by atoms with Crippen molar-refractivity contribution < 1.29 is 0 Å². The van der Waals surface area contributed by atoms with E-state index in [4.69, 9.17) is 4.98 Å². The molecule has 0 spiro atoms. The van der Waals surface area contributed by atoms with Crippen molar-refractivity contribution in [3.8, 4) is 9.88 Å². The maximum absolute atomic E-state index is 4.77. The molecule has 0 atom stereocenters. The number of rotatable bonds is 1. The van der Waals surface area contributed by atoms with Crippen molar-refractivity contribution in [1.82, 2.24) is 4.98 Å². The molecule has 0 aliphatic rings. The molecule has 0 saturated heterocycles. The van der Waals surface area contributed by atoms with Crippen LogP contribution in [0.5, 0.6) is 0 Å². The fourth-order valence-electron chi connectivity index (χ4n) is 1.67. The molecule has 4 aromatic heterocycles. The monoisotopic (exact) mass is 279 g/mol. The largest absolute Gasteiger partial charge is 0.233 e. The number of nitrogens with zero attached hydrogens (tertiary/aromatic N) is 1. The Kier molecular flexibility index (Phi) is 1.96. The standard InChI is InChI=1S/C11H5NS4/c1-2-7(13-4-1)10-12-8-9-6(3-5-14-9)15-11(8)16-10/h1-5H. The lowest BCUT2D eigenvalue weighted by atomic mass is 10.5. The summed E-state index contributed by atoms with van der Waals surface area (Å²) in [4.78, 5) is 6.04. The molecule has 1 nitrogen and oxygen atoms in total. The van der Waals surface area contributed by atoms with Gasteiger partial charge in [-0.25, -0.2) is 4.98 Å². The van der Waals surface area contributed by atoms with Crippen molar-refractivity contribution >= 4 is 64.3 Å². The minimum Gasteiger partial charge on any atom is -0.233 e. The highest BCUT2D eigenvalue weighted by Gasteiger charge is 2.13. The Bertz CT molecular complexity index is 756. The zero-order valence-electron chi connectivity index (χ0n) is 7.97. The van der Waals surface area contributed by atoms with Gasteiger partial charge in [-0.15, -0.1) is 45.3 Å². The number of thiazole rings is 1. The molecule has 78 valence electrons. The molecule has 0 amide bonds. The molecule has 0 bridgehead atoms. The molecule has 0 radical (unpaired) electrons. The summed E-state index contributed by atoms with van der Waals surface area (Å²) < 4.78 is 4.07. The molecular formula is C11H5NS4. The summed E-state index contributed by atoms with van der Waals surface area (Å²) in [6.45, 7) is 0. The van der Waals surface area contributed by atoms with Crippen molar-refractivity contribution in [2.24, 2.45) is 0 Å². The number of hydrogen-bond acceptors (Lipinski definition) is 5. The van der Waals surface area contributed by atoms with Gasteiger partial charge in [-0.1, -0.05) is 6.07 Å². The fraction of sp³-hybridized carbons (Fsp3) is 0. The van der Waals surface area contributed by atoms with E-state index < -0.39 is 0 Å². The molecular weight excluding hydrogens is 274 g/mol. The Balaban J connectivity index is 2.05. The van der Waals surface area contributed by atoms with E-state index in [0.29, 0.717) is 0 Å². The number of hydrogen-bond donors (Lipinski definition) is 0. The van der Waals surface area contributed by atoms with E-state index in [-0.39, 0.29) is 0 Å². The summed E-state index contributed by atoms with van der Waals surface area (Å²) in [5.74, 6) is 0. The first-order chi connectivity index (χ1) is 7.92. The molecule has 4 heterocycles. The van der Waals surface area contributed by atoms with Crippen LogP contribution in [0.3, 0.4) is 0 Å². The van der Waals surface area contributed by atoms with Gasteiger partial charge in [0.05, 0.1) is 9.58 Å². The van der Waals surface area contributed by atoms with Crippen molar-refractivity contribution in [3.05, 3.63) is 29.0 Å². The van der Waals surface area contributed by atoms with E-state index in [0.717, 1.165) is 5.01 Å². The van der Waals surface area contributed by atoms with Crippen LogP contribution in [0.2, 0.25) is 0 Å². The maximum Gasteiger partial charge on any atom is 0.135 e. The lowest BCUT2D eigenvalue weighted by Gasteiger charge is -1.85. The van der Waals surface area contributed by atoms with Crippen LogP contribution < -0.4 is 0 Å². The van der Waals surface area contributed by atoms with Gasteiger partial charge in [0.2, 0.25) is 0 Å². The van der Waals surface area contributed by atoms with Crippen LogP contribution in [-0.4, -0.2) is 4.98 Å². The SMILES string of the molecule is c1csc(-c2nc3c(s2)sc2ccsc23)c1. The van der Waals surface area contributed by atoms with Crippen LogP contribution in [0.4, 0.5) is 0 Å². The van der Waals surface area contributed by atoms with Gasteiger partial charge in [-0.05, 0) is 22.9 Å². The van der Waals surface area contributed by atoms with Gasteiger partial charge in [0.1, 0.15) is 14.5 Å².